The molecule has 1 saturated carbocycles. The molecule has 1 aliphatic rings. The van der Waals surface area contributed by atoms with Crippen LogP contribution in [0.25, 0.3) is 0 Å². The second kappa shape index (κ2) is 8.46. The Morgan fingerprint density at radius 3 is 2.30 bits per heavy atom. The van der Waals surface area contributed by atoms with Crippen LogP contribution < -0.4 is 5.32 Å². The zero-order valence-electron chi connectivity index (χ0n) is 13.3. The molecule has 1 aromatic rings. The van der Waals surface area contributed by atoms with Crippen molar-refractivity contribution < 1.29 is 0 Å². The van der Waals surface area contributed by atoms with E-state index in [4.69, 9.17) is 0 Å². The van der Waals surface area contributed by atoms with Gasteiger partial charge in [-0.2, -0.15) is 0 Å². The van der Waals surface area contributed by atoms with Gasteiger partial charge in [-0.1, -0.05) is 68.9 Å². The van der Waals surface area contributed by atoms with E-state index < -0.39 is 0 Å². The van der Waals surface area contributed by atoms with Gasteiger partial charge in [-0.05, 0) is 44.2 Å². The summed E-state index contributed by atoms with van der Waals surface area (Å²) < 4.78 is 0. The number of benzene rings is 1. The standard InChI is InChI=1S/C19H31N/c1-3-4-5-6-7-8-15-20-19(18-13-14-18)17-11-9-16(2)10-12-17/h9-12,18-20H,3-8,13-15H2,1-2H3. The average molecular weight is 273 g/mol. The fraction of sp³-hybridized carbons (Fsp3) is 0.684. The van der Waals surface area contributed by atoms with E-state index in [1.54, 1.807) is 0 Å². The molecular formula is C19H31N. The molecule has 1 unspecified atom stereocenters. The van der Waals surface area contributed by atoms with E-state index in [0.29, 0.717) is 6.04 Å². The van der Waals surface area contributed by atoms with Crippen molar-refractivity contribution in [3.05, 3.63) is 35.4 Å². The highest BCUT2D eigenvalue weighted by Gasteiger charge is 2.31. The Labute approximate surface area is 125 Å². The molecule has 1 atom stereocenters. The Morgan fingerprint density at radius 2 is 1.65 bits per heavy atom. The van der Waals surface area contributed by atoms with Crippen LogP contribution in [-0.2, 0) is 0 Å². The van der Waals surface area contributed by atoms with E-state index in [0.717, 1.165) is 5.92 Å². The largest absolute Gasteiger partial charge is 0.310 e. The van der Waals surface area contributed by atoms with E-state index in [2.05, 4.69) is 43.4 Å². The lowest BCUT2D eigenvalue weighted by Gasteiger charge is -2.19. The van der Waals surface area contributed by atoms with Crippen LogP contribution in [0.15, 0.2) is 24.3 Å². The number of rotatable bonds is 10. The maximum atomic E-state index is 3.81. The van der Waals surface area contributed by atoms with Crippen molar-refractivity contribution >= 4 is 0 Å². The number of nitrogens with one attached hydrogen (secondary N) is 1. The molecule has 1 heteroatoms. The SMILES string of the molecule is CCCCCCCCNC(c1ccc(C)cc1)C1CC1. The van der Waals surface area contributed by atoms with E-state index in [1.165, 1.54) is 69.0 Å². The van der Waals surface area contributed by atoms with Gasteiger partial charge in [0.25, 0.3) is 0 Å². The van der Waals surface area contributed by atoms with Crippen LogP contribution in [0.3, 0.4) is 0 Å². The lowest BCUT2D eigenvalue weighted by Crippen LogP contribution is -2.24. The summed E-state index contributed by atoms with van der Waals surface area (Å²) >= 11 is 0. The van der Waals surface area contributed by atoms with Crippen molar-refractivity contribution in [1.29, 1.82) is 0 Å². The molecule has 0 aromatic heterocycles. The molecule has 2 rings (SSSR count). The van der Waals surface area contributed by atoms with Crippen LogP contribution in [0.1, 0.15) is 75.5 Å². The van der Waals surface area contributed by atoms with Gasteiger partial charge in [0.15, 0.2) is 0 Å². The summed E-state index contributed by atoms with van der Waals surface area (Å²) in [6, 6.07) is 9.72. The van der Waals surface area contributed by atoms with Crippen LogP contribution in [-0.4, -0.2) is 6.54 Å². The third-order valence-electron chi connectivity index (χ3n) is 4.42. The smallest absolute Gasteiger partial charge is 0.0348 e. The van der Waals surface area contributed by atoms with Crippen LogP contribution in [0.5, 0.6) is 0 Å². The third-order valence-corrected chi connectivity index (χ3v) is 4.42. The molecular weight excluding hydrogens is 242 g/mol. The number of aryl methyl sites for hydroxylation is 1. The van der Waals surface area contributed by atoms with E-state index in [1.807, 2.05) is 0 Å². The van der Waals surface area contributed by atoms with Gasteiger partial charge in [0.1, 0.15) is 0 Å². The van der Waals surface area contributed by atoms with Crippen molar-refractivity contribution in [2.45, 2.75) is 71.3 Å². The molecule has 0 saturated heterocycles. The Bertz CT molecular complexity index is 364. The second-order valence-electron chi connectivity index (χ2n) is 6.45. The predicted molar refractivity (Wildman–Crippen MR) is 88.0 cm³/mol. The van der Waals surface area contributed by atoms with Gasteiger partial charge in [0.2, 0.25) is 0 Å². The first-order valence-corrected chi connectivity index (χ1v) is 8.61. The Morgan fingerprint density at radius 1 is 1.00 bits per heavy atom. The maximum Gasteiger partial charge on any atom is 0.0348 e. The summed E-state index contributed by atoms with van der Waals surface area (Å²) in [6.45, 7) is 5.63. The zero-order valence-corrected chi connectivity index (χ0v) is 13.3. The van der Waals surface area contributed by atoms with E-state index in [-0.39, 0.29) is 0 Å². The third kappa shape index (κ3) is 5.28. The molecule has 112 valence electrons. The highest BCUT2D eigenvalue weighted by molar-refractivity contribution is 5.25. The predicted octanol–water partition coefficient (Wildman–Crippen LogP) is 5.40. The summed E-state index contributed by atoms with van der Waals surface area (Å²) in [5.74, 6) is 0.887. The molecule has 1 aliphatic carbocycles. The lowest BCUT2D eigenvalue weighted by atomic mass is 10.0. The highest BCUT2D eigenvalue weighted by Crippen LogP contribution is 2.41. The normalized spacial score (nSPS) is 16.3. The molecule has 20 heavy (non-hydrogen) atoms. The first-order chi connectivity index (χ1) is 9.81. The topological polar surface area (TPSA) is 12.0 Å². The number of hydrogen-bond acceptors (Lipinski definition) is 1. The molecule has 1 aromatic carbocycles. The molecule has 0 spiro atoms. The fourth-order valence-corrected chi connectivity index (χ4v) is 2.92. The summed E-state index contributed by atoms with van der Waals surface area (Å²) in [6.07, 6.45) is 11.1. The molecule has 1 nitrogen and oxygen atoms in total. The highest BCUT2D eigenvalue weighted by atomic mass is 14.9. The zero-order chi connectivity index (χ0) is 14.2. The monoisotopic (exact) mass is 273 g/mol. The Balaban J connectivity index is 1.69. The first kappa shape index (κ1) is 15.6. The van der Waals surface area contributed by atoms with Crippen molar-refractivity contribution in [2.24, 2.45) is 5.92 Å². The Hall–Kier alpha value is -0.820. The molecule has 0 radical (unpaired) electrons. The van der Waals surface area contributed by atoms with Crippen LogP contribution >= 0.6 is 0 Å². The van der Waals surface area contributed by atoms with Gasteiger partial charge in [-0.25, -0.2) is 0 Å². The van der Waals surface area contributed by atoms with Crippen molar-refractivity contribution in [3.8, 4) is 0 Å². The van der Waals surface area contributed by atoms with Crippen molar-refractivity contribution in [2.75, 3.05) is 6.54 Å². The van der Waals surface area contributed by atoms with Gasteiger partial charge in [0.05, 0.1) is 0 Å². The van der Waals surface area contributed by atoms with Crippen molar-refractivity contribution in [3.63, 3.8) is 0 Å². The second-order valence-corrected chi connectivity index (χ2v) is 6.45. The quantitative estimate of drug-likeness (QED) is 0.563. The van der Waals surface area contributed by atoms with Gasteiger partial charge in [0, 0.05) is 6.04 Å². The van der Waals surface area contributed by atoms with Crippen LogP contribution in [0.4, 0.5) is 0 Å². The minimum absolute atomic E-state index is 0.603. The molecule has 1 fully saturated rings. The molecule has 0 bridgehead atoms. The minimum atomic E-state index is 0.603. The summed E-state index contributed by atoms with van der Waals surface area (Å²) in [7, 11) is 0. The van der Waals surface area contributed by atoms with Gasteiger partial charge in [-0.3, -0.25) is 0 Å². The molecule has 0 aliphatic heterocycles. The fourth-order valence-electron chi connectivity index (χ4n) is 2.92. The first-order valence-electron chi connectivity index (χ1n) is 8.61. The Kier molecular flexibility index (Phi) is 6.59. The lowest BCUT2D eigenvalue weighted by molar-refractivity contribution is 0.464. The average Bonchev–Trinajstić information content (AvgIpc) is 3.28. The molecule has 0 heterocycles. The van der Waals surface area contributed by atoms with Crippen LogP contribution in [0.2, 0.25) is 0 Å². The van der Waals surface area contributed by atoms with Gasteiger partial charge < -0.3 is 5.32 Å². The maximum absolute atomic E-state index is 3.81. The summed E-state index contributed by atoms with van der Waals surface area (Å²) in [4.78, 5) is 0. The van der Waals surface area contributed by atoms with Gasteiger partial charge in [-0.15, -0.1) is 0 Å². The molecule has 0 amide bonds. The van der Waals surface area contributed by atoms with Gasteiger partial charge >= 0.3 is 0 Å². The number of unbranched alkanes of at least 4 members (excludes halogenated alkanes) is 5. The van der Waals surface area contributed by atoms with E-state index in [9.17, 15) is 0 Å². The minimum Gasteiger partial charge on any atom is -0.310 e. The molecule has 1 N–H and O–H groups in total. The summed E-state index contributed by atoms with van der Waals surface area (Å²) in [5.41, 5.74) is 2.85. The number of hydrogen-bond donors (Lipinski definition) is 1. The van der Waals surface area contributed by atoms with Crippen molar-refractivity contribution in [1.82, 2.24) is 5.32 Å². The summed E-state index contributed by atoms with van der Waals surface area (Å²) in [5, 5.41) is 3.81. The van der Waals surface area contributed by atoms with Crippen LogP contribution in [0, 0.1) is 12.8 Å². The van der Waals surface area contributed by atoms with E-state index >= 15 is 0 Å².